The molecule has 1 heterocycles. The summed E-state index contributed by atoms with van der Waals surface area (Å²) in [6.45, 7) is 6.41. The second-order valence-electron chi connectivity index (χ2n) is 6.65. The van der Waals surface area contributed by atoms with Crippen molar-refractivity contribution in [2.75, 3.05) is 16.8 Å². The molecular weight excluding hydrogens is 380 g/mol. The molecule has 4 nitrogen and oxygen atoms in total. The van der Waals surface area contributed by atoms with Gasteiger partial charge in [-0.2, -0.15) is 0 Å². The Bertz CT molecular complexity index is 848. The van der Waals surface area contributed by atoms with Gasteiger partial charge in [-0.25, -0.2) is 0 Å². The van der Waals surface area contributed by atoms with Crippen molar-refractivity contribution in [2.24, 2.45) is 5.92 Å². The minimum Gasteiger partial charge on any atom is -0.326 e. The van der Waals surface area contributed by atoms with Gasteiger partial charge in [0.25, 0.3) is 0 Å². The molecule has 130 valence electrons. The van der Waals surface area contributed by atoms with Crippen LogP contribution >= 0.6 is 15.9 Å². The van der Waals surface area contributed by atoms with Gasteiger partial charge in [-0.3, -0.25) is 9.59 Å². The number of carbonyl (C=O) groups excluding carboxylic acids is 2. The fourth-order valence-corrected chi connectivity index (χ4v) is 3.44. The summed E-state index contributed by atoms with van der Waals surface area (Å²) in [4.78, 5) is 26.7. The van der Waals surface area contributed by atoms with Crippen LogP contribution in [0.3, 0.4) is 0 Å². The SMILES string of the molecule is Cc1ccc(N2C[C@@H](C(=O)Nc3ccc(Br)c(C)c3)CC2=O)c(C)c1. The molecule has 2 aromatic carbocycles. The van der Waals surface area contributed by atoms with Crippen molar-refractivity contribution in [2.45, 2.75) is 27.2 Å². The molecule has 0 saturated carbocycles. The fraction of sp³-hybridized carbons (Fsp3) is 0.300. The van der Waals surface area contributed by atoms with Crippen LogP contribution in [0.4, 0.5) is 11.4 Å². The zero-order valence-corrected chi connectivity index (χ0v) is 16.2. The van der Waals surface area contributed by atoms with Crippen LogP contribution in [0.1, 0.15) is 23.1 Å². The molecule has 0 unspecified atom stereocenters. The Hall–Kier alpha value is -2.14. The number of aryl methyl sites for hydroxylation is 3. The van der Waals surface area contributed by atoms with Gasteiger partial charge in [-0.05, 0) is 56.2 Å². The molecule has 1 saturated heterocycles. The Morgan fingerprint density at radius 2 is 1.88 bits per heavy atom. The van der Waals surface area contributed by atoms with Crippen LogP contribution in [0, 0.1) is 26.7 Å². The number of nitrogens with zero attached hydrogens (tertiary/aromatic N) is 1. The number of hydrogen-bond acceptors (Lipinski definition) is 2. The first-order valence-corrected chi connectivity index (χ1v) is 9.09. The first-order valence-electron chi connectivity index (χ1n) is 8.30. The van der Waals surface area contributed by atoms with E-state index in [1.807, 2.05) is 51.1 Å². The molecule has 5 heteroatoms. The van der Waals surface area contributed by atoms with E-state index < -0.39 is 0 Å². The predicted molar refractivity (Wildman–Crippen MR) is 104 cm³/mol. The monoisotopic (exact) mass is 400 g/mol. The molecule has 1 aliphatic heterocycles. The van der Waals surface area contributed by atoms with Crippen molar-refractivity contribution < 1.29 is 9.59 Å². The highest BCUT2D eigenvalue weighted by Gasteiger charge is 2.35. The van der Waals surface area contributed by atoms with Gasteiger partial charge < -0.3 is 10.2 Å². The first kappa shape index (κ1) is 17.7. The maximum atomic E-state index is 12.6. The van der Waals surface area contributed by atoms with Crippen molar-refractivity contribution in [3.8, 4) is 0 Å². The summed E-state index contributed by atoms with van der Waals surface area (Å²) in [7, 11) is 0. The standard InChI is InChI=1S/C20H21BrN2O2/c1-12-4-7-18(14(3)8-12)23-11-15(10-19(23)24)20(25)22-16-5-6-17(21)13(2)9-16/h4-9,15H,10-11H2,1-3H3,(H,22,25)/t15-/m0/s1. The fourth-order valence-electron chi connectivity index (χ4n) is 3.19. The van der Waals surface area contributed by atoms with Crippen molar-refractivity contribution in [1.82, 2.24) is 0 Å². The molecule has 1 atom stereocenters. The predicted octanol–water partition coefficient (Wildman–Crippen LogP) is 4.37. The van der Waals surface area contributed by atoms with E-state index in [9.17, 15) is 9.59 Å². The Morgan fingerprint density at radius 3 is 2.56 bits per heavy atom. The first-order chi connectivity index (χ1) is 11.8. The van der Waals surface area contributed by atoms with Gasteiger partial charge in [0, 0.05) is 28.8 Å². The van der Waals surface area contributed by atoms with E-state index in [1.54, 1.807) is 4.90 Å². The van der Waals surface area contributed by atoms with Gasteiger partial charge in [0.2, 0.25) is 11.8 Å². The molecule has 3 rings (SSSR count). The van der Waals surface area contributed by atoms with Gasteiger partial charge in [0.15, 0.2) is 0 Å². The lowest BCUT2D eigenvalue weighted by Crippen LogP contribution is -2.28. The van der Waals surface area contributed by atoms with Crippen LogP contribution in [0.2, 0.25) is 0 Å². The molecule has 0 spiro atoms. The van der Waals surface area contributed by atoms with Crippen LogP contribution in [0.25, 0.3) is 0 Å². The van der Waals surface area contributed by atoms with Crippen LogP contribution in [-0.2, 0) is 9.59 Å². The highest BCUT2D eigenvalue weighted by molar-refractivity contribution is 9.10. The number of nitrogens with one attached hydrogen (secondary N) is 1. The Morgan fingerprint density at radius 1 is 1.12 bits per heavy atom. The Kier molecular flexibility index (Phi) is 4.95. The molecule has 1 aliphatic rings. The van der Waals surface area contributed by atoms with Crippen molar-refractivity contribution in [3.05, 3.63) is 57.6 Å². The summed E-state index contributed by atoms with van der Waals surface area (Å²) in [5.41, 5.74) is 4.91. The van der Waals surface area contributed by atoms with E-state index in [0.717, 1.165) is 32.5 Å². The number of anilines is 2. The van der Waals surface area contributed by atoms with Crippen LogP contribution in [-0.4, -0.2) is 18.4 Å². The van der Waals surface area contributed by atoms with Gasteiger partial charge >= 0.3 is 0 Å². The lowest BCUT2D eigenvalue weighted by molar-refractivity contribution is -0.122. The molecule has 1 fully saturated rings. The van der Waals surface area contributed by atoms with Gasteiger partial charge in [-0.1, -0.05) is 33.6 Å². The minimum atomic E-state index is -0.336. The van der Waals surface area contributed by atoms with Crippen LogP contribution in [0.15, 0.2) is 40.9 Å². The lowest BCUT2D eigenvalue weighted by atomic mass is 10.1. The molecule has 0 bridgehead atoms. The second-order valence-corrected chi connectivity index (χ2v) is 7.50. The molecule has 2 amide bonds. The van der Waals surface area contributed by atoms with E-state index in [2.05, 4.69) is 27.3 Å². The normalized spacial score (nSPS) is 17.0. The quantitative estimate of drug-likeness (QED) is 0.831. The molecule has 0 aliphatic carbocycles. The van der Waals surface area contributed by atoms with Gasteiger partial charge in [0.05, 0.1) is 5.92 Å². The maximum absolute atomic E-state index is 12.6. The summed E-state index contributed by atoms with van der Waals surface area (Å²) in [6.07, 6.45) is 0.245. The minimum absolute atomic E-state index is 0.000843. The van der Waals surface area contributed by atoms with Gasteiger partial charge in [0.1, 0.15) is 0 Å². The maximum Gasteiger partial charge on any atom is 0.229 e. The van der Waals surface area contributed by atoms with Gasteiger partial charge in [-0.15, -0.1) is 0 Å². The van der Waals surface area contributed by atoms with Crippen molar-refractivity contribution >= 4 is 39.1 Å². The number of benzene rings is 2. The van der Waals surface area contributed by atoms with Crippen molar-refractivity contribution in [1.29, 1.82) is 0 Å². The number of carbonyl (C=O) groups is 2. The van der Waals surface area contributed by atoms with E-state index in [1.165, 1.54) is 0 Å². The van der Waals surface area contributed by atoms with E-state index >= 15 is 0 Å². The third kappa shape index (κ3) is 3.76. The second kappa shape index (κ2) is 7.00. The average molecular weight is 401 g/mol. The molecule has 0 radical (unpaired) electrons. The largest absolute Gasteiger partial charge is 0.326 e. The van der Waals surface area contributed by atoms with E-state index in [-0.39, 0.29) is 24.2 Å². The summed E-state index contributed by atoms with van der Waals surface area (Å²) in [5, 5.41) is 2.93. The number of halogens is 1. The Labute approximate surface area is 156 Å². The number of hydrogen-bond donors (Lipinski definition) is 1. The highest BCUT2D eigenvalue weighted by atomic mass is 79.9. The Balaban J connectivity index is 1.73. The summed E-state index contributed by atoms with van der Waals surface area (Å²) in [5.74, 6) is -0.446. The third-order valence-corrected chi connectivity index (χ3v) is 5.45. The number of rotatable bonds is 3. The molecule has 2 aromatic rings. The summed E-state index contributed by atoms with van der Waals surface area (Å²) >= 11 is 3.45. The molecule has 0 aromatic heterocycles. The topological polar surface area (TPSA) is 49.4 Å². The molecular formula is C20H21BrN2O2. The third-order valence-electron chi connectivity index (χ3n) is 4.56. The number of amides is 2. The zero-order chi connectivity index (χ0) is 18.1. The van der Waals surface area contributed by atoms with E-state index in [4.69, 9.17) is 0 Å². The van der Waals surface area contributed by atoms with Crippen LogP contribution in [0.5, 0.6) is 0 Å². The summed E-state index contributed by atoms with van der Waals surface area (Å²) < 4.78 is 1.00. The smallest absolute Gasteiger partial charge is 0.229 e. The van der Waals surface area contributed by atoms with Crippen molar-refractivity contribution in [3.63, 3.8) is 0 Å². The lowest BCUT2D eigenvalue weighted by Gasteiger charge is -2.19. The zero-order valence-electron chi connectivity index (χ0n) is 14.6. The molecule has 1 N–H and O–H groups in total. The summed E-state index contributed by atoms with van der Waals surface area (Å²) in [6, 6.07) is 11.7. The highest BCUT2D eigenvalue weighted by Crippen LogP contribution is 2.29. The van der Waals surface area contributed by atoms with Crippen LogP contribution < -0.4 is 10.2 Å². The van der Waals surface area contributed by atoms with E-state index in [0.29, 0.717) is 6.54 Å². The molecule has 25 heavy (non-hydrogen) atoms. The average Bonchev–Trinajstić information content (AvgIpc) is 2.93.